The summed E-state index contributed by atoms with van der Waals surface area (Å²) in [4.78, 5) is 6.76. The van der Waals surface area contributed by atoms with E-state index in [9.17, 15) is 0 Å². The molecule has 1 atom stereocenters. The van der Waals surface area contributed by atoms with Gasteiger partial charge in [-0.05, 0) is 32.0 Å². The molecule has 1 unspecified atom stereocenters. The SMILES string of the molecule is CN(Cc1cccc(CN)n1)CC1CCCO1. The van der Waals surface area contributed by atoms with Crippen LogP contribution in [0.5, 0.6) is 0 Å². The predicted octanol–water partition coefficient (Wildman–Crippen LogP) is 1.15. The van der Waals surface area contributed by atoms with Gasteiger partial charge in [-0.15, -0.1) is 0 Å². The highest BCUT2D eigenvalue weighted by Gasteiger charge is 2.17. The second-order valence-electron chi connectivity index (χ2n) is 4.66. The van der Waals surface area contributed by atoms with E-state index in [0.29, 0.717) is 12.6 Å². The molecule has 1 aliphatic rings. The summed E-state index contributed by atoms with van der Waals surface area (Å²) < 4.78 is 5.62. The van der Waals surface area contributed by atoms with Gasteiger partial charge in [0.2, 0.25) is 0 Å². The fraction of sp³-hybridized carbons (Fsp3) is 0.615. The standard InChI is InChI=1S/C13H21N3O/c1-16(10-13-6-3-7-17-13)9-12-5-2-4-11(8-14)15-12/h2,4-5,13H,3,6-10,14H2,1H3. The van der Waals surface area contributed by atoms with E-state index in [2.05, 4.69) is 16.9 Å². The highest BCUT2D eigenvalue weighted by atomic mass is 16.5. The topological polar surface area (TPSA) is 51.4 Å². The van der Waals surface area contributed by atoms with E-state index in [0.717, 1.165) is 31.1 Å². The molecule has 0 aromatic carbocycles. The lowest BCUT2D eigenvalue weighted by molar-refractivity contribution is 0.0790. The van der Waals surface area contributed by atoms with Crippen molar-refractivity contribution in [2.45, 2.75) is 32.0 Å². The van der Waals surface area contributed by atoms with Gasteiger partial charge in [0.05, 0.1) is 17.5 Å². The summed E-state index contributed by atoms with van der Waals surface area (Å²) in [7, 11) is 2.11. The Labute approximate surface area is 103 Å². The first-order chi connectivity index (χ1) is 8.28. The molecule has 1 aromatic heterocycles. The molecular weight excluding hydrogens is 214 g/mol. The third-order valence-electron chi connectivity index (χ3n) is 3.04. The van der Waals surface area contributed by atoms with E-state index in [1.807, 2.05) is 18.2 Å². The summed E-state index contributed by atoms with van der Waals surface area (Å²) in [6.07, 6.45) is 2.78. The number of hydrogen-bond acceptors (Lipinski definition) is 4. The van der Waals surface area contributed by atoms with E-state index in [1.165, 1.54) is 12.8 Å². The number of rotatable bonds is 5. The number of pyridine rings is 1. The van der Waals surface area contributed by atoms with Crippen LogP contribution < -0.4 is 5.73 Å². The molecule has 0 bridgehead atoms. The molecular formula is C13H21N3O. The molecule has 4 heteroatoms. The third-order valence-corrected chi connectivity index (χ3v) is 3.04. The first-order valence-electron chi connectivity index (χ1n) is 6.23. The first kappa shape index (κ1) is 12.5. The van der Waals surface area contributed by atoms with Crippen molar-refractivity contribution in [1.29, 1.82) is 0 Å². The fourth-order valence-corrected chi connectivity index (χ4v) is 2.21. The van der Waals surface area contributed by atoms with E-state index >= 15 is 0 Å². The monoisotopic (exact) mass is 235 g/mol. The maximum Gasteiger partial charge on any atom is 0.0702 e. The summed E-state index contributed by atoms with van der Waals surface area (Å²) in [5, 5.41) is 0. The minimum atomic E-state index is 0.401. The molecule has 94 valence electrons. The van der Waals surface area contributed by atoms with Crippen molar-refractivity contribution in [1.82, 2.24) is 9.88 Å². The van der Waals surface area contributed by atoms with Gasteiger partial charge in [-0.25, -0.2) is 0 Å². The Morgan fingerprint density at radius 3 is 3.00 bits per heavy atom. The molecule has 0 radical (unpaired) electrons. The molecule has 0 aliphatic carbocycles. The van der Waals surface area contributed by atoms with Crippen molar-refractivity contribution in [3.8, 4) is 0 Å². The van der Waals surface area contributed by atoms with Crippen molar-refractivity contribution in [3.05, 3.63) is 29.6 Å². The van der Waals surface area contributed by atoms with E-state index in [1.54, 1.807) is 0 Å². The van der Waals surface area contributed by atoms with E-state index in [-0.39, 0.29) is 0 Å². The van der Waals surface area contributed by atoms with Crippen LogP contribution in [0.2, 0.25) is 0 Å². The van der Waals surface area contributed by atoms with Crippen molar-refractivity contribution in [3.63, 3.8) is 0 Å². The Bertz CT molecular complexity index is 350. The summed E-state index contributed by atoms with van der Waals surface area (Å²) in [5.41, 5.74) is 7.61. The normalized spacial score (nSPS) is 20.1. The van der Waals surface area contributed by atoms with Gasteiger partial charge in [-0.1, -0.05) is 6.07 Å². The van der Waals surface area contributed by atoms with Gasteiger partial charge in [0.15, 0.2) is 0 Å². The zero-order valence-electron chi connectivity index (χ0n) is 10.4. The summed E-state index contributed by atoms with van der Waals surface area (Å²) in [6.45, 7) is 3.25. The molecule has 1 aromatic rings. The Morgan fingerprint density at radius 1 is 1.47 bits per heavy atom. The number of likely N-dealkylation sites (N-methyl/N-ethyl adjacent to an activating group) is 1. The highest BCUT2D eigenvalue weighted by Crippen LogP contribution is 2.13. The van der Waals surface area contributed by atoms with Crippen LogP contribution in [0, 0.1) is 0 Å². The average molecular weight is 235 g/mol. The van der Waals surface area contributed by atoms with E-state index < -0.39 is 0 Å². The lowest BCUT2D eigenvalue weighted by Crippen LogP contribution is -2.28. The maximum absolute atomic E-state index is 5.62. The molecule has 2 heterocycles. The van der Waals surface area contributed by atoms with Crippen LogP contribution in [0.25, 0.3) is 0 Å². The van der Waals surface area contributed by atoms with Gasteiger partial charge in [0.1, 0.15) is 0 Å². The van der Waals surface area contributed by atoms with Gasteiger partial charge in [-0.3, -0.25) is 9.88 Å². The van der Waals surface area contributed by atoms with Crippen LogP contribution in [0.4, 0.5) is 0 Å². The summed E-state index contributed by atoms with van der Waals surface area (Å²) >= 11 is 0. The Balaban J connectivity index is 1.85. The van der Waals surface area contributed by atoms with Crippen molar-refractivity contribution in [2.24, 2.45) is 5.73 Å². The fourth-order valence-electron chi connectivity index (χ4n) is 2.21. The summed E-state index contributed by atoms with van der Waals surface area (Å²) in [6, 6.07) is 6.03. The van der Waals surface area contributed by atoms with Crippen molar-refractivity contribution in [2.75, 3.05) is 20.2 Å². The lowest BCUT2D eigenvalue weighted by Gasteiger charge is -2.20. The second kappa shape index (κ2) is 6.10. The quantitative estimate of drug-likeness (QED) is 0.832. The molecule has 2 N–H and O–H groups in total. The molecule has 1 saturated heterocycles. The van der Waals surface area contributed by atoms with Crippen molar-refractivity contribution < 1.29 is 4.74 Å². The minimum absolute atomic E-state index is 0.401. The minimum Gasteiger partial charge on any atom is -0.377 e. The van der Waals surface area contributed by atoms with Crippen LogP contribution >= 0.6 is 0 Å². The van der Waals surface area contributed by atoms with Gasteiger partial charge in [0.25, 0.3) is 0 Å². The molecule has 1 fully saturated rings. The second-order valence-corrected chi connectivity index (χ2v) is 4.66. The number of ether oxygens (including phenoxy) is 1. The summed E-state index contributed by atoms with van der Waals surface area (Å²) in [5.74, 6) is 0. The largest absolute Gasteiger partial charge is 0.377 e. The smallest absolute Gasteiger partial charge is 0.0702 e. The number of nitrogens with zero attached hydrogens (tertiary/aromatic N) is 2. The Kier molecular flexibility index (Phi) is 4.48. The van der Waals surface area contributed by atoms with Crippen LogP contribution in [-0.4, -0.2) is 36.2 Å². The molecule has 0 spiro atoms. The average Bonchev–Trinajstić information content (AvgIpc) is 2.82. The Morgan fingerprint density at radius 2 is 2.29 bits per heavy atom. The molecule has 0 amide bonds. The lowest BCUT2D eigenvalue weighted by atomic mass is 10.2. The van der Waals surface area contributed by atoms with Crippen LogP contribution in [0.15, 0.2) is 18.2 Å². The number of nitrogens with two attached hydrogens (primary N) is 1. The van der Waals surface area contributed by atoms with Gasteiger partial charge in [-0.2, -0.15) is 0 Å². The molecule has 2 rings (SSSR count). The molecule has 17 heavy (non-hydrogen) atoms. The van der Waals surface area contributed by atoms with Gasteiger partial charge >= 0.3 is 0 Å². The third kappa shape index (κ3) is 3.77. The van der Waals surface area contributed by atoms with Crippen LogP contribution in [0.3, 0.4) is 0 Å². The highest BCUT2D eigenvalue weighted by molar-refractivity contribution is 5.10. The van der Waals surface area contributed by atoms with Crippen LogP contribution in [0.1, 0.15) is 24.2 Å². The predicted molar refractivity (Wildman–Crippen MR) is 67.4 cm³/mol. The maximum atomic E-state index is 5.62. The van der Waals surface area contributed by atoms with E-state index in [4.69, 9.17) is 10.5 Å². The molecule has 4 nitrogen and oxygen atoms in total. The molecule has 0 saturated carbocycles. The Hall–Kier alpha value is -0.970. The number of aromatic nitrogens is 1. The van der Waals surface area contributed by atoms with Crippen molar-refractivity contribution >= 4 is 0 Å². The zero-order chi connectivity index (χ0) is 12.1. The number of hydrogen-bond donors (Lipinski definition) is 1. The molecule has 1 aliphatic heterocycles. The zero-order valence-corrected chi connectivity index (χ0v) is 10.4. The van der Waals surface area contributed by atoms with Gasteiger partial charge in [0, 0.05) is 26.2 Å². The first-order valence-corrected chi connectivity index (χ1v) is 6.23. The van der Waals surface area contributed by atoms with Crippen LogP contribution in [-0.2, 0) is 17.8 Å². The van der Waals surface area contributed by atoms with Gasteiger partial charge < -0.3 is 10.5 Å².